The van der Waals surface area contributed by atoms with Gasteiger partial charge in [-0.1, -0.05) is 64.6 Å². The van der Waals surface area contributed by atoms with Gasteiger partial charge in [0.05, 0.1) is 6.10 Å². The lowest BCUT2D eigenvalue weighted by molar-refractivity contribution is 0.144. The van der Waals surface area contributed by atoms with Gasteiger partial charge in [0.1, 0.15) is 0 Å². The molecule has 0 aliphatic rings. The van der Waals surface area contributed by atoms with Gasteiger partial charge < -0.3 is 5.11 Å². The summed E-state index contributed by atoms with van der Waals surface area (Å²) in [5.41, 5.74) is 0.978. The lowest BCUT2D eigenvalue weighted by Crippen LogP contribution is -2.05. The lowest BCUT2D eigenvalue weighted by atomic mass is 9.95. The number of benzene rings is 1. The highest BCUT2D eigenvalue weighted by molar-refractivity contribution is 9.11. The first-order valence-electron chi connectivity index (χ1n) is 5.67. The smallest absolute Gasteiger partial charge is 0.0803 e. The Morgan fingerprint density at radius 1 is 1.31 bits per heavy atom. The predicted octanol–water partition coefficient (Wildman–Crippen LogP) is 5.07. The van der Waals surface area contributed by atoms with Crippen molar-refractivity contribution in [2.45, 2.75) is 39.2 Å². The van der Waals surface area contributed by atoms with E-state index in [0.717, 1.165) is 20.9 Å². The van der Waals surface area contributed by atoms with Crippen LogP contribution in [0.25, 0.3) is 0 Å². The molecule has 2 unspecified atom stereocenters. The van der Waals surface area contributed by atoms with E-state index in [0.29, 0.717) is 5.92 Å². The molecular weight excluding hydrogens is 332 g/mol. The molecule has 0 spiro atoms. The third-order valence-electron chi connectivity index (χ3n) is 2.73. The van der Waals surface area contributed by atoms with Gasteiger partial charge in [0.25, 0.3) is 0 Å². The molecule has 0 heterocycles. The molecule has 0 saturated heterocycles. The minimum absolute atomic E-state index is 0.371. The number of hydrogen-bond donors (Lipinski definition) is 1. The van der Waals surface area contributed by atoms with Crippen molar-refractivity contribution in [2.24, 2.45) is 5.92 Å². The fraction of sp³-hybridized carbons (Fsp3) is 0.538. The molecule has 0 aliphatic heterocycles. The Balaban J connectivity index is 2.69. The van der Waals surface area contributed by atoms with Gasteiger partial charge >= 0.3 is 0 Å². The van der Waals surface area contributed by atoms with Crippen molar-refractivity contribution in [1.82, 2.24) is 0 Å². The zero-order valence-corrected chi connectivity index (χ0v) is 12.9. The average molecular weight is 350 g/mol. The van der Waals surface area contributed by atoms with Crippen LogP contribution in [-0.2, 0) is 0 Å². The summed E-state index contributed by atoms with van der Waals surface area (Å²) in [5, 5.41) is 10.1. The third-order valence-corrected chi connectivity index (χ3v) is 3.91. The highest BCUT2D eigenvalue weighted by atomic mass is 79.9. The Kier molecular flexibility index (Phi) is 6.01. The maximum atomic E-state index is 10.1. The van der Waals surface area contributed by atoms with E-state index in [9.17, 15) is 5.11 Å². The summed E-state index contributed by atoms with van der Waals surface area (Å²) in [5.74, 6) is 0.565. The van der Waals surface area contributed by atoms with Crippen LogP contribution in [0, 0.1) is 5.92 Å². The van der Waals surface area contributed by atoms with Crippen molar-refractivity contribution in [3.05, 3.63) is 32.7 Å². The SMILES string of the molecule is CCCC(C)CC(O)c1ccc(Br)cc1Br. The van der Waals surface area contributed by atoms with E-state index in [1.807, 2.05) is 18.2 Å². The number of hydrogen-bond acceptors (Lipinski definition) is 1. The van der Waals surface area contributed by atoms with Crippen LogP contribution in [0.4, 0.5) is 0 Å². The Hall–Kier alpha value is 0.140. The number of halogens is 2. The van der Waals surface area contributed by atoms with Gasteiger partial charge in [-0.05, 0) is 30.0 Å². The van der Waals surface area contributed by atoms with Gasteiger partial charge in [0, 0.05) is 8.95 Å². The molecule has 16 heavy (non-hydrogen) atoms. The zero-order valence-electron chi connectivity index (χ0n) is 9.71. The summed E-state index contributed by atoms with van der Waals surface area (Å²) in [6.45, 7) is 4.37. The minimum Gasteiger partial charge on any atom is -0.388 e. The highest BCUT2D eigenvalue weighted by Crippen LogP contribution is 2.31. The van der Waals surface area contributed by atoms with E-state index >= 15 is 0 Å². The summed E-state index contributed by atoms with van der Waals surface area (Å²) < 4.78 is 2.00. The van der Waals surface area contributed by atoms with E-state index in [4.69, 9.17) is 0 Å². The van der Waals surface area contributed by atoms with Crippen LogP contribution in [0.3, 0.4) is 0 Å². The summed E-state index contributed by atoms with van der Waals surface area (Å²) in [6.07, 6.45) is 2.80. The molecule has 1 aromatic rings. The Morgan fingerprint density at radius 2 is 2.00 bits per heavy atom. The number of aliphatic hydroxyl groups excluding tert-OH is 1. The lowest BCUT2D eigenvalue weighted by Gasteiger charge is -2.17. The molecule has 0 amide bonds. The molecule has 1 N–H and O–H groups in total. The molecule has 90 valence electrons. The largest absolute Gasteiger partial charge is 0.388 e. The van der Waals surface area contributed by atoms with Crippen molar-refractivity contribution in [1.29, 1.82) is 0 Å². The summed E-state index contributed by atoms with van der Waals surface area (Å²) in [4.78, 5) is 0. The van der Waals surface area contributed by atoms with Crippen LogP contribution in [0.15, 0.2) is 27.1 Å². The molecule has 0 bridgehead atoms. The first kappa shape index (κ1) is 14.2. The van der Waals surface area contributed by atoms with Crippen molar-refractivity contribution in [2.75, 3.05) is 0 Å². The van der Waals surface area contributed by atoms with E-state index in [1.54, 1.807) is 0 Å². The fourth-order valence-corrected chi connectivity index (χ4v) is 3.20. The van der Waals surface area contributed by atoms with E-state index < -0.39 is 0 Å². The molecule has 0 fully saturated rings. The third kappa shape index (κ3) is 4.19. The van der Waals surface area contributed by atoms with Crippen molar-refractivity contribution in [3.8, 4) is 0 Å². The van der Waals surface area contributed by atoms with Crippen LogP contribution in [0.1, 0.15) is 44.8 Å². The number of rotatable bonds is 5. The maximum absolute atomic E-state index is 10.1. The highest BCUT2D eigenvalue weighted by Gasteiger charge is 2.14. The average Bonchev–Trinajstić information content (AvgIpc) is 2.17. The van der Waals surface area contributed by atoms with E-state index in [1.165, 1.54) is 12.8 Å². The quantitative estimate of drug-likeness (QED) is 0.786. The van der Waals surface area contributed by atoms with Crippen LogP contribution in [-0.4, -0.2) is 5.11 Å². The van der Waals surface area contributed by atoms with Gasteiger partial charge in [0.2, 0.25) is 0 Å². The molecule has 1 aromatic carbocycles. The monoisotopic (exact) mass is 348 g/mol. The second kappa shape index (κ2) is 6.77. The number of aliphatic hydroxyl groups is 1. The van der Waals surface area contributed by atoms with Crippen LogP contribution < -0.4 is 0 Å². The molecule has 1 nitrogen and oxygen atoms in total. The Labute approximate surface area is 115 Å². The van der Waals surface area contributed by atoms with Gasteiger partial charge in [-0.3, -0.25) is 0 Å². The first-order valence-corrected chi connectivity index (χ1v) is 7.26. The molecule has 3 heteroatoms. The van der Waals surface area contributed by atoms with E-state index in [-0.39, 0.29) is 6.10 Å². The summed E-state index contributed by atoms with van der Waals surface area (Å²) in [6, 6.07) is 5.91. The first-order chi connectivity index (χ1) is 7.54. The molecule has 0 aliphatic carbocycles. The Morgan fingerprint density at radius 3 is 2.56 bits per heavy atom. The second-order valence-electron chi connectivity index (χ2n) is 4.31. The topological polar surface area (TPSA) is 20.2 Å². The summed E-state index contributed by atoms with van der Waals surface area (Å²) in [7, 11) is 0. The van der Waals surface area contributed by atoms with Crippen LogP contribution in [0.5, 0.6) is 0 Å². The molecule has 0 radical (unpaired) electrons. The van der Waals surface area contributed by atoms with Crippen molar-refractivity contribution in [3.63, 3.8) is 0 Å². The normalized spacial score (nSPS) is 14.8. The van der Waals surface area contributed by atoms with Crippen LogP contribution in [0.2, 0.25) is 0 Å². The summed E-state index contributed by atoms with van der Waals surface area (Å²) >= 11 is 6.90. The van der Waals surface area contributed by atoms with Gasteiger partial charge in [-0.2, -0.15) is 0 Å². The second-order valence-corrected chi connectivity index (χ2v) is 6.08. The minimum atomic E-state index is -0.371. The predicted molar refractivity (Wildman–Crippen MR) is 75.5 cm³/mol. The maximum Gasteiger partial charge on any atom is 0.0803 e. The molecular formula is C13H18Br2O. The van der Waals surface area contributed by atoms with Gasteiger partial charge in [-0.15, -0.1) is 0 Å². The van der Waals surface area contributed by atoms with E-state index in [2.05, 4.69) is 45.7 Å². The van der Waals surface area contributed by atoms with Crippen molar-refractivity contribution < 1.29 is 5.11 Å². The van der Waals surface area contributed by atoms with Crippen LogP contribution >= 0.6 is 31.9 Å². The van der Waals surface area contributed by atoms with Crippen molar-refractivity contribution >= 4 is 31.9 Å². The molecule has 2 atom stereocenters. The van der Waals surface area contributed by atoms with Gasteiger partial charge in [0.15, 0.2) is 0 Å². The molecule has 0 saturated carbocycles. The zero-order chi connectivity index (χ0) is 12.1. The molecule has 1 rings (SSSR count). The Bertz CT molecular complexity index is 339. The molecule has 0 aromatic heterocycles. The standard InChI is InChI=1S/C13H18Br2O/c1-3-4-9(2)7-13(16)11-6-5-10(14)8-12(11)15/h5-6,8-9,13,16H,3-4,7H2,1-2H3. The fourth-order valence-electron chi connectivity index (χ4n) is 1.89. The van der Waals surface area contributed by atoms with Gasteiger partial charge in [-0.25, -0.2) is 0 Å².